The van der Waals surface area contributed by atoms with Crippen molar-refractivity contribution in [1.29, 1.82) is 0 Å². The van der Waals surface area contributed by atoms with Crippen molar-refractivity contribution in [3.63, 3.8) is 0 Å². The highest BCUT2D eigenvalue weighted by Crippen LogP contribution is 2.34. The Kier molecular flexibility index (Phi) is 8.69. The maximum absolute atomic E-state index is 13.3. The lowest BCUT2D eigenvalue weighted by Crippen LogP contribution is -2.27. The van der Waals surface area contributed by atoms with Crippen molar-refractivity contribution in [3.8, 4) is 16.9 Å². The maximum atomic E-state index is 13.3. The molecule has 10 nitrogen and oxygen atoms in total. The van der Waals surface area contributed by atoms with Crippen LogP contribution in [0.15, 0.2) is 53.5 Å². The Hall–Kier alpha value is -4.36. The van der Waals surface area contributed by atoms with Gasteiger partial charge in [0.25, 0.3) is 11.5 Å². The molecule has 0 fully saturated rings. The molecule has 2 aromatic carbocycles. The highest BCUT2D eigenvalue weighted by atomic mass is 35.5. The number of hydrogen-bond donors (Lipinski definition) is 2. The summed E-state index contributed by atoms with van der Waals surface area (Å²) in [6.45, 7) is 1.35. The Bertz CT molecular complexity index is 1660. The minimum Gasteiger partial charge on any atom is -0.496 e. The monoisotopic (exact) mass is 590 g/mol. The molecule has 0 aliphatic carbocycles. The number of likely N-dealkylation sites (N-methyl/N-ethyl adjacent to an activating group) is 1. The molecule has 216 valence electrons. The van der Waals surface area contributed by atoms with E-state index in [1.807, 2.05) is 19.0 Å². The summed E-state index contributed by atoms with van der Waals surface area (Å²) in [6.07, 6.45) is -3.04. The van der Waals surface area contributed by atoms with Crippen LogP contribution in [0.25, 0.3) is 22.2 Å². The van der Waals surface area contributed by atoms with Gasteiger partial charge in [0, 0.05) is 35.9 Å². The smallest absolute Gasteiger partial charge is 0.416 e. The van der Waals surface area contributed by atoms with E-state index in [2.05, 4.69) is 20.6 Å². The molecule has 0 unspecified atom stereocenters. The Morgan fingerprint density at radius 1 is 1.10 bits per heavy atom. The fourth-order valence-corrected chi connectivity index (χ4v) is 4.26. The minimum absolute atomic E-state index is 0.103. The van der Waals surface area contributed by atoms with Crippen LogP contribution in [0.3, 0.4) is 0 Å². The molecule has 0 saturated carbocycles. The van der Waals surface area contributed by atoms with E-state index >= 15 is 0 Å². The van der Waals surface area contributed by atoms with E-state index in [1.54, 1.807) is 12.3 Å². The van der Waals surface area contributed by atoms with Crippen molar-refractivity contribution in [2.24, 2.45) is 0 Å². The molecule has 0 aliphatic heterocycles. The molecule has 4 aromatic rings. The SMILES string of the molecule is COc1cc(C(F)(F)F)ccc1C(=O)Nc1ccc(-c2cc3cnc(NCCN(C)C)nc3n(OC)c2=O)c(Cl)c1. The third-order valence-electron chi connectivity index (χ3n) is 6.02. The number of ether oxygens (including phenoxy) is 1. The van der Waals surface area contributed by atoms with Gasteiger partial charge in [-0.25, -0.2) is 4.98 Å². The molecule has 0 saturated heterocycles. The van der Waals surface area contributed by atoms with E-state index in [0.29, 0.717) is 23.4 Å². The van der Waals surface area contributed by atoms with E-state index in [-0.39, 0.29) is 33.2 Å². The second-order valence-corrected chi connectivity index (χ2v) is 9.51. The number of rotatable bonds is 9. The Balaban J connectivity index is 1.62. The van der Waals surface area contributed by atoms with Crippen molar-refractivity contribution >= 4 is 40.2 Å². The maximum Gasteiger partial charge on any atom is 0.416 e. The number of halogens is 4. The number of nitrogens with zero attached hydrogens (tertiary/aromatic N) is 4. The summed E-state index contributed by atoms with van der Waals surface area (Å²) in [4.78, 5) is 42.2. The number of anilines is 2. The third-order valence-corrected chi connectivity index (χ3v) is 6.33. The van der Waals surface area contributed by atoms with Crippen LogP contribution in [0.1, 0.15) is 15.9 Å². The molecule has 14 heteroatoms. The zero-order valence-electron chi connectivity index (χ0n) is 22.5. The molecule has 0 aliphatic rings. The van der Waals surface area contributed by atoms with Crippen LogP contribution in [-0.2, 0) is 6.18 Å². The number of fused-ring (bicyclic) bond motifs is 1. The average molecular weight is 591 g/mol. The number of methoxy groups -OCH3 is 1. The third kappa shape index (κ3) is 6.52. The van der Waals surface area contributed by atoms with Crippen LogP contribution < -0.4 is 25.8 Å². The predicted octanol–water partition coefficient (Wildman–Crippen LogP) is 4.42. The van der Waals surface area contributed by atoms with Gasteiger partial charge in [-0.05, 0) is 50.5 Å². The molecule has 0 bridgehead atoms. The van der Waals surface area contributed by atoms with Gasteiger partial charge < -0.3 is 25.1 Å². The lowest BCUT2D eigenvalue weighted by atomic mass is 10.1. The van der Waals surface area contributed by atoms with Gasteiger partial charge in [-0.2, -0.15) is 18.2 Å². The van der Waals surface area contributed by atoms with E-state index in [1.165, 1.54) is 32.4 Å². The summed E-state index contributed by atoms with van der Waals surface area (Å²) in [5.74, 6) is -0.617. The molecule has 0 spiro atoms. The van der Waals surface area contributed by atoms with Gasteiger partial charge in [0.2, 0.25) is 5.95 Å². The molecule has 1 amide bonds. The van der Waals surface area contributed by atoms with Crippen molar-refractivity contribution in [2.45, 2.75) is 6.18 Å². The summed E-state index contributed by atoms with van der Waals surface area (Å²) < 4.78 is 45.2. The Morgan fingerprint density at radius 3 is 2.49 bits per heavy atom. The van der Waals surface area contributed by atoms with Gasteiger partial charge in [-0.1, -0.05) is 17.7 Å². The molecule has 0 radical (unpaired) electrons. The topological polar surface area (TPSA) is 111 Å². The number of nitrogens with one attached hydrogen (secondary N) is 2. The second kappa shape index (κ2) is 12.0. The molecule has 2 aromatic heterocycles. The number of carbonyl (C=O) groups is 1. The highest BCUT2D eigenvalue weighted by Gasteiger charge is 2.32. The number of pyridine rings is 1. The zero-order chi connectivity index (χ0) is 29.9. The number of benzene rings is 2. The van der Waals surface area contributed by atoms with Gasteiger partial charge in [-0.15, -0.1) is 4.73 Å². The van der Waals surface area contributed by atoms with Crippen LogP contribution in [0, 0.1) is 0 Å². The molecule has 4 rings (SSSR count). The van der Waals surface area contributed by atoms with E-state index in [0.717, 1.165) is 29.5 Å². The van der Waals surface area contributed by atoms with Gasteiger partial charge in [0.05, 0.1) is 28.8 Å². The minimum atomic E-state index is -4.59. The average Bonchev–Trinajstić information content (AvgIpc) is 2.92. The van der Waals surface area contributed by atoms with E-state index in [9.17, 15) is 22.8 Å². The summed E-state index contributed by atoms with van der Waals surface area (Å²) in [5.41, 5.74) is -0.520. The summed E-state index contributed by atoms with van der Waals surface area (Å²) >= 11 is 6.51. The zero-order valence-corrected chi connectivity index (χ0v) is 23.2. The number of hydrogen-bond acceptors (Lipinski definition) is 8. The second-order valence-electron chi connectivity index (χ2n) is 9.10. The Labute approximate surface area is 237 Å². The van der Waals surface area contributed by atoms with E-state index in [4.69, 9.17) is 21.2 Å². The van der Waals surface area contributed by atoms with Crippen LogP contribution >= 0.6 is 11.6 Å². The van der Waals surface area contributed by atoms with Crippen LogP contribution in [0.2, 0.25) is 5.02 Å². The summed E-state index contributed by atoms with van der Waals surface area (Å²) in [7, 11) is 6.38. The van der Waals surface area contributed by atoms with E-state index < -0.39 is 23.2 Å². The molecule has 2 N–H and O–H groups in total. The number of carbonyl (C=O) groups excluding carboxylic acids is 1. The first kappa shape index (κ1) is 29.6. The summed E-state index contributed by atoms with van der Waals surface area (Å²) in [6, 6.07) is 8.61. The quantitative estimate of drug-likeness (QED) is 0.295. The molecule has 41 heavy (non-hydrogen) atoms. The largest absolute Gasteiger partial charge is 0.496 e. The fraction of sp³-hybridized carbons (Fsp3) is 0.259. The molecular formula is C27H26ClF3N6O4. The van der Waals surface area contributed by atoms with Crippen molar-refractivity contribution in [1.82, 2.24) is 19.6 Å². The predicted molar refractivity (Wildman–Crippen MR) is 150 cm³/mol. The van der Waals surface area contributed by atoms with Gasteiger partial charge in [-0.3, -0.25) is 9.59 Å². The van der Waals surface area contributed by atoms with Crippen LogP contribution in [0.5, 0.6) is 5.75 Å². The molecule has 0 atom stereocenters. The van der Waals surface area contributed by atoms with Crippen LogP contribution in [0.4, 0.5) is 24.8 Å². The lowest BCUT2D eigenvalue weighted by molar-refractivity contribution is -0.137. The lowest BCUT2D eigenvalue weighted by Gasteiger charge is -2.14. The standard InChI is InChI=1S/C27H26ClF3N6O4/c1-36(2)10-9-32-26-33-14-15-11-20(25(39)37(41-4)23(15)35-26)18-8-6-17(13-21(18)28)34-24(38)19-7-5-16(27(29,30)31)12-22(19)40-3/h5-8,11-14H,9-10H2,1-4H3,(H,34,38)(H,32,33,35). The molecular weight excluding hydrogens is 565 g/mol. The normalized spacial score (nSPS) is 11.5. The number of aromatic nitrogens is 3. The first-order valence-electron chi connectivity index (χ1n) is 12.1. The van der Waals surface area contributed by atoms with Gasteiger partial charge in [0.1, 0.15) is 12.9 Å². The van der Waals surface area contributed by atoms with Gasteiger partial charge >= 0.3 is 6.18 Å². The number of alkyl halides is 3. The number of amides is 1. The van der Waals surface area contributed by atoms with Crippen molar-refractivity contribution in [3.05, 3.63) is 75.2 Å². The fourth-order valence-electron chi connectivity index (χ4n) is 3.97. The van der Waals surface area contributed by atoms with Gasteiger partial charge in [0.15, 0.2) is 5.65 Å². The summed E-state index contributed by atoms with van der Waals surface area (Å²) in [5, 5.41) is 6.33. The van der Waals surface area contributed by atoms with Crippen molar-refractivity contribution < 1.29 is 27.5 Å². The Morgan fingerprint density at radius 2 is 1.85 bits per heavy atom. The van der Waals surface area contributed by atoms with Crippen LogP contribution in [-0.4, -0.2) is 66.9 Å². The van der Waals surface area contributed by atoms with Crippen molar-refractivity contribution in [2.75, 3.05) is 52.0 Å². The first-order valence-corrected chi connectivity index (χ1v) is 12.5. The first-order chi connectivity index (χ1) is 19.4. The highest BCUT2D eigenvalue weighted by molar-refractivity contribution is 6.33. The molecule has 2 heterocycles.